The number of nitrogens with zero attached hydrogens (tertiary/aromatic N) is 1. The lowest BCUT2D eigenvalue weighted by molar-refractivity contribution is -0.117. The van der Waals surface area contributed by atoms with Crippen molar-refractivity contribution in [2.45, 2.75) is 26.7 Å². The number of hydrogen-bond acceptors (Lipinski definition) is 2. The van der Waals surface area contributed by atoms with Gasteiger partial charge in [-0.25, -0.2) is 0 Å². The quantitative estimate of drug-likeness (QED) is 0.681. The van der Waals surface area contributed by atoms with Crippen LogP contribution in [0.3, 0.4) is 0 Å². The lowest BCUT2D eigenvalue weighted by Crippen LogP contribution is -2.14. The van der Waals surface area contributed by atoms with Crippen LogP contribution in [0.1, 0.15) is 34.6 Å². The largest absolute Gasteiger partial charge is 0.326 e. The highest BCUT2D eigenvalue weighted by Crippen LogP contribution is 2.30. The summed E-state index contributed by atoms with van der Waals surface area (Å²) >= 11 is 0. The van der Waals surface area contributed by atoms with E-state index in [1.54, 1.807) is 6.07 Å². The molecule has 0 bridgehead atoms. The molecule has 2 aromatic carbocycles. The first-order valence-corrected chi connectivity index (χ1v) is 9.49. The predicted molar refractivity (Wildman–Crippen MR) is 111 cm³/mol. The number of aromatic nitrogens is 1. The van der Waals surface area contributed by atoms with E-state index in [0.717, 1.165) is 29.9 Å². The molecule has 1 fully saturated rings. The van der Waals surface area contributed by atoms with E-state index < -0.39 is 0 Å². The summed E-state index contributed by atoms with van der Waals surface area (Å²) in [7, 11) is 0. The second-order valence-electron chi connectivity index (χ2n) is 7.30. The lowest BCUT2D eigenvalue weighted by atomic mass is 10.1. The molecule has 3 aromatic rings. The summed E-state index contributed by atoms with van der Waals surface area (Å²) in [5.74, 6) is 0.0113. The van der Waals surface area contributed by atoms with Crippen molar-refractivity contribution in [1.29, 1.82) is 0 Å². The van der Waals surface area contributed by atoms with Crippen LogP contribution in [-0.4, -0.2) is 16.4 Å². The molecule has 0 radical (unpaired) electrons. The zero-order valence-corrected chi connectivity index (χ0v) is 16.0. The summed E-state index contributed by atoms with van der Waals surface area (Å²) in [6.07, 6.45) is 1.92. The van der Waals surface area contributed by atoms with Crippen LogP contribution < -0.4 is 10.6 Å². The minimum atomic E-state index is -0.182. The standard InChI is InChI=1S/C23H23N3O2/c1-15-6-7-16(2)26(15)21-12-10-18(11-13-21)23(28)25-20-5-3-4-19(14-20)24-22(27)17-8-9-17/h3-7,10-14,17H,8-9H2,1-2H3,(H,24,27)(H,25,28). The number of nitrogens with one attached hydrogen (secondary N) is 2. The molecule has 4 rings (SSSR count). The van der Waals surface area contributed by atoms with Gasteiger partial charge in [-0.1, -0.05) is 6.07 Å². The predicted octanol–water partition coefficient (Wildman–Crippen LogP) is 4.69. The summed E-state index contributed by atoms with van der Waals surface area (Å²) in [6, 6.07) is 18.9. The molecule has 2 N–H and O–H groups in total. The SMILES string of the molecule is Cc1ccc(C)n1-c1ccc(C(=O)Nc2cccc(NC(=O)C3CC3)c2)cc1. The van der Waals surface area contributed by atoms with Gasteiger partial charge in [0.2, 0.25) is 5.91 Å². The van der Waals surface area contributed by atoms with Crippen molar-refractivity contribution in [3.63, 3.8) is 0 Å². The van der Waals surface area contributed by atoms with Gasteiger partial charge >= 0.3 is 0 Å². The van der Waals surface area contributed by atoms with Crippen molar-refractivity contribution in [3.05, 3.63) is 77.6 Å². The highest BCUT2D eigenvalue weighted by molar-refractivity contribution is 6.04. The van der Waals surface area contributed by atoms with E-state index in [2.05, 4.69) is 41.2 Å². The molecule has 1 aliphatic carbocycles. The third-order valence-corrected chi connectivity index (χ3v) is 4.99. The van der Waals surface area contributed by atoms with E-state index in [-0.39, 0.29) is 17.7 Å². The minimum Gasteiger partial charge on any atom is -0.326 e. The molecule has 5 nitrogen and oxygen atoms in total. The van der Waals surface area contributed by atoms with Gasteiger partial charge in [-0.05, 0) is 81.3 Å². The average Bonchev–Trinajstić information content (AvgIpc) is 3.48. The molecule has 0 saturated heterocycles. The van der Waals surface area contributed by atoms with Gasteiger partial charge in [0.1, 0.15) is 0 Å². The normalized spacial score (nSPS) is 13.2. The Morgan fingerprint density at radius 2 is 1.46 bits per heavy atom. The monoisotopic (exact) mass is 373 g/mol. The topological polar surface area (TPSA) is 63.1 Å². The van der Waals surface area contributed by atoms with Gasteiger partial charge in [0.25, 0.3) is 5.91 Å². The Morgan fingerprint density at radius 3 is 2.07 bits per heavy atom. The van der Waals surface area contributed by atoms with E-state index in [1.165, 1.54) is 0 Å². The third kappa shape index (κ3) is 3.83. The number of carbonyl (C=O) groups is 2. The van der Waals surface area contributed by atoms with Gasteiger partial charge in [-0.15, -0.1) is 0 Å². The van der Waals surface area contributed by atoms with Gasteiger partial charge in [-0.2, -0.15) is 0 Å². The Kier molecular flexibility index (Phi) is 4.74. The Labute approximate surface area is 164 Å². The van der Waals surface area contributed by atoms with Gasteiger partial charge in [0.15, 0.2) is 0 Å². The smallest absolute Gasteiger partial charge is 0.255 e. The highest BCUT2D eigenvalue weighted by Gasteiger charge is 2.29. The fourth-order valence-electron chi connectivity index (χ4n) is 3.31. The fourth-order valence-corrected chi connectivity index (χ4v) is 3.31. The molecule has 5 heteroatoms. The second kappa shape index (κ2) is 7.35. The van der Waals surface area contributed by atoms with Gasteiger partial charge in [-0.3, -0.25) is 9.59 Å². The Hall–Kier alpha value is -3.34. The number of rotatable bonds is 5. The Balaban J connectivity index is 1.45. The van der Waals surface area contributed by atoms with E-state index in [4.69, 9.17) is 0 Å². The maximum atomic E-state index is 12.6. The van der Waals surface area contributed by atoms with Crippen molar-refractivity contribution in [3.8, 4) is 5.69 Å². The number of anilines is 2. The zero-order chi connectivity index (χ0) is 19.7. The molecule has 0 aliphatic heterocycles. The molecule has 1 aromatic heterocycles. The molecule has 1 heterocycles. The minimum absolute atomic E-state index is 0.0506. The van der Waals surface area contributed by atoms with Crippen molar-refractivity contribution < 1.29 is 9.59 Å². The van der Waals surface area contributed by atoms with Crippen molar-refractivity contribution >= 4 is 23.2 Å². The first kappa shape index (κ1) is 18.0. The summed E-state index contributed by atoms with van der Waals surface area (Å²) in [4.78, 5) is 24.5. The molecule has 28 heavy (non-hydrogen) atoms. The van der Waals surface area contributed by atoms with E-state index in [1.807, 2.05) is 42.5 Å². The summed E-state index contributed by atoms with van der Waals surface area (Å²) < 4.78 is 2.15. The number of aryl methyl sites for hydroxylation is 2. The summed E-state index contributed by atoms with van der Waals surface area (Å²) in [5, 5.41) is 5.79. The highest BCUT2D eigenvalue weighted by atomic mass is 16.2. The molecule has 2 amide bonds. The molecule has 0 atom stereocenters. The Morgan fingerprint density at radius 1 is 0.857 bits per heavy atom. The third-order valence-electron chi connectivity index (χ3n) is 4.99. The average molecular weight is 373 g/mol. The maximum absolute atomic E-state index is 12.6. The number of benzene rings is 2. The van der Waals surface area contributed by atoms with Crippen LogP contribution in [0, 0.1) is 19.8 Å². The number of hydrogen-bond donors (Lipinski definition) is 2. The van der Waals surface area contributed by atoms with Gasteiger partial charge in [0, 0.05) is 39.9 Å². The van der Waals surface area contributed by atoms with Crippen LogP contribution in [0.5, 0.6) is 0 Å². The molecule has 0 unspecified atom stereocenters. The van der Waals surface area contributed by atoms with Gasteiger partial charge in [0.05, 0.1) is 0 Å². The number of carbonyl (C=O) groups excluding carboxylic acids is 2. The lowest BCUT2D eigenvalue weighted by Gasteiger charge is -2.11. The van der Waals surface area contributed by atoms with E-state index in [0.29, 0.717) is 16.9 Å². The molecule has 1 aliphatic rings. The first-order chi connectivity index (χ1) is 13.5. The van der Waals surface area contributed by atoms with Crippen LogP contribution in [0.25, 0.3) is 5.69 Å². The van der Waals surface area contributed by atoms with Gasteiger partial charge < -0.3 is 15.2 Å². The second-order valence-corrected chi connectivity index (χ2v) is 7.30. The summed E-state index contributed by atoms with van der Waals surface area (Å²) in [5.41, 5.74) is 5.27. The van der Waals surface area contributed by atoms with E-state index in [9.17, 15) is 9.59 Å². The zero-order valence-electron chi connectivity index (χ0n) is 16.0. The molecule has 0 spiro atoms. The number of amides is 2. The van der Waals surface area contributed by atoms with Crippen molar-refractivity contribution in [2.24, 2.45) is 5.92 Å². The maximum Gasteiger partial charge on any atom is 0.255 e. The van der Waals surface area contributed by atoms with Crippen LogP contribution in [0.15, 0.2) is 60.7 Å². The summed E-state index contributed by atoms with van der Waals surface area (Å²) in [6.45, 7) is 4.12. The van der Waals surface area contributed by atoms with Crippen LogP contribution >= 0.6 is 0 Å². The molecular weight excluding hydrogens is 350 g/mol. The molecule has 1 saturated carbocycles. The van der Waals surface area contributed by atoms with Crippen molar-refractivity contribution in [2.75, 3.05) is 10.6 Å². The first-order valence-electron chi connectivity index (χ1n) is 9.49. The molecular formula is C23H23N3O2. The van der Waals surface area contributed by atoms with Crippen LogP contribution in [-0.2, 0) is 4.79 Å². The molecule has 142 valence electrons. The Bertz CT molecular complexity index is 1010. The fraction of sp³-hybridized carbons (Fsp3) is 0.217. The van der Waals surface area contributed by atoms with Crippen LogP contribution in [0.4, 0.5) is 11.4 Å². The van der Waals surface area contributed by atoms with Crippen molar-refractivity contribution in [1.82, 2.24) is 4.57 Å². The van der Waals surface area contributed by atoms with Crippen LogP contribution in [0.2, 0.25) is 0 Å². The van der Waals surface area contributed by atoms with E-state index >= 15 is 0 Å².